The first kappa shape index (κ1) is 10.2. The van der Waals surface area contributed by atoms with Crippen molar-refractivity contribution < 1.29 is 14.6 Å². The summed E-state index contributed by atoms with van der Waals surface area (Å²) in [5, 5.41) is 9.46. The zero-order valence-corrected chi connectivity index (χ0v) is 6.52. The van der Waals surface area contributed by atoms with Gasteiger partial charge in [0.15, 0.2) is 11.6 Å². The number of ether oxygens (including phenoxy) is 1. The lowest BCUT2D eigenvalue weighted by Gasteiger charge is -2.07. The van der Waals surface area contributed by atoms with Gasteiger partial charge in [-0.15, -0.1) is 6.42 Å². The van der Waals surface area contributed by atoms with Gasteiger partial charge in [-0.2, -0.15) is 0 Å². The average Bonchev–Trinajstić information content (AvgIpc) is 1.99. The van der Waals surface area contributed by atoms with Crippen LogP contribution in [0.2, 0.25) is 0 Å². The van der Waals surface area contributed by atoms with Crippen LogP contribution >= 0.6 is 0 Å². The minimum atomic E-state index is -1.04. The van der Waals surface area contributed by atoms with Crippen molar-refractivity contribution in [1.82, 2.24) is 5.01 Å². The number of carbonyl (C=O) groups excluding carboxylic acids is 1. The number of terminal acetylenes is 1. The largest absolute Gasteiger partial charge is 0.469 e. The van der Waals surface area contributed by atoms with Gasteiger partial charge in [0.25, 0.3) is 0 Å². The Hall–Kier alpha value is -1.77. The van der Waals surface area contributed by atoms with Gasteiger partial charge in [-0.05, 0) is 11.9 Å². The number of hydrogen-bond donors (Lipinski definition) is 0. The molecule has 0 bridgehead atoms. The molecule has 0 saturated heterocycles. The third-order valence-corrected chi connectivity index (χ3v) is 0.917. The minimum absolute atomic E-state index is 0.0771. The normalized spacial score (nSPS) is 8.33. The van der Waals surface area contributed by atoms with Gasteiger partial charge >= 0.3 is 6.09 Å². The molecule has 0 aromatic heterocycles. The predicted octanol–water partition coefficient (Wildman–Crippen LogP) is 0.270. The highest BCUT2D eigenvalue weighted by atomic mass is 16.7. The molecule has 0 aromatic carbocycles. The Morgan fingerprint density at radius 3 is 2.75 bits per heavy atom. The van der Waals surface area contributed by atoms with Crippen LogP contribution in [0.4, 0.5) is 4.79 Å². The van der Waals surface area contributed by atoms with Crippen molar-refractivity contribution in [3.8, 4) is 12.3 Å². The summed E-state index contributed by atoms with van der Waals surface area (Å²) in [6, 6.07) is 0. The molecule has 0 heterocycles. The number of hydrogen-bond acceptors (Lipinski definition) is 4. The van der Waals surface area contributed by atoms with Crippen molar-refractivity contribution >= 4 is 6.09 Å². The Morgan fingerprint density at radius 1 is 1.83 bits per heavy atom. The van der Waals surface area contributed by atoms with Gasteiger partial charge in [0.1, 0.15) is 0 Å². The van der Waals surface area contributed by atoms with E-state index in [2.05, 4.69) is 4.74 Å². The maximum atomic E-state index is 10.7. The van der Waals surface area contributed by atoms with Crippen LogP contribution in [0.5, 0.6) is 0 Å². The lowest BCUT2D eigenvalue weighted by Crippen LogP contribution is -2.36. The monoisotopic (exact) mass is 172 g/mol. The van der Waals surface area contributed by atoms with Gasteiger partial charge in [-0.1, -0.05) is 5.92 Å². The first-order chi connectivity index (χ1) is 5.63. The van der Waals surface area contributed by atoms with E-state index in [1.807, 2.05) is 5.92 Å². The summed E-state index contributed by atoms with van der Waals surface area (Å²) in [6.07, 6.45) is 3.76. The van der Waals surface area contributed by atoms with Crippen LogP contribution < -0.4 is 0 Å². The molecular weight excluding hydrogens is 164 g/mol. The minimum Gasteiger partial charge on any atom is -0.446 e. The van der Waals surface area contributed by atoms with Gasteiger partial charge < -0.3 is 4.74 Å². The molecule has 0 rings (SSSR count). The van der Waals surface area contributed by atoms with E-state index >= 15 is 0 Å². The topological polar surface area (TPSA) is 72.7 Å². The number of nitro groups is 1. The molecule has 0 N–H and O–H groups in total. The molecule has 0 unspecified atom stereocenters. The van der Waals surface area contributed by atoms with E-state index in [0.717, 1.165) is 0 Å². The highest BCUT2D eigenvalue weighted by Gasteiger charge is 2.23. The molecule has 0 aliphatic heterocycles. The molecular formula is C6H8N2O4. The summed E-state index contributed by atoms with van der Waals surface area (Å²) in [6.45, 7) is 1.23. The Labute approximate surface area is 69.2 Å². The third kappa shape index (κ3) is 2.88. The number of hydrazine groups is 1. The highest BCUT2D eigenvalue weighted by Crippen LogP contribution is 1.92. The number of amides is 1. The van der Waals surface area contributed by atoms with Gasteiger partial charge in [-0.25, -0.2) is 14.9 Å². The molecule has 0 spiro atoms. The second-order valence-electron chi connectivity index (χ2n) is 1.70. The second-order valence-corrected chi connectivity index (χ2v) is 1.70. The van der Waals surface area contributed by atoms with Crippen LogP contribution in [0.3, 0.4) is 0 Å². The van der Waals surface area contributed by atoms with E-state index in [1.54, 1.807) is 6.92 Å². The summed E-state index contributed by atoms with van der Waals surface area (Å²) >= 11 is 0. The fourth-order valence-electron chi connectivity index (χ4n) is 0.473. The molecule has 6 nitrogen and oxygen atoms in total. The number of rotatable bonds is 3. The molecule has 1 amide bonds. The summed E-state index contributed by atoms with van der Waals surface area (Å²) in [7, 11) is 0. The quantitative estimate of drug-likeness (QED) is 0.348. The fourth-order valence-corrected chi connectivity index (χ4v) is 0.473. The number of carbonyl (C=O) groups is 1. The summed E-state index contributed by atoms with van der Waals surface area (Å²) in [5.74, 6) is 1.97. The lowest BCUT2D eigenvalue weighted by atomic mass is 10.6. The molecule has 0 aliphatic rings. The summed E-state index contributed by atoms with van der Waals surface area (Å²) in [4.78, 5) is 20.9. The Morgan fingerprint density at radius 2 is 2.42 bits per heavy atom. The molecule has 0 atom stereocenters. The van der Waals surface area contributed by atoms with Crippen LogP contribution in [-0.2, 0) is 4.74 Å². The lowest BCUT2D eigenvalue weighted by molar-refractivity contribution is -0.632. The van der Waals surface area contributed by atoms with Gasteiger partial charge in [-0.3, -0.25) is 0 Å². The van der Waals surface area contributed by atoms with Gasteiger partial charge in [0, 0.05) is 0 Å². The highest BCUT2D eigenvalue weighted by molar-refractivity contribution is 5.66. The Bertz CT molecular complexity index is 220. The zero-order chi connectivity index (χ0) is 9.56. The van der Waals surface area contributed by atoms with E-state index in [1.165, 1.54) is 0 Å². The van der Waals surface area contributed by atoms with E-state index in [-0.39, 0.29) is 11.6 Å². The van der Waals surface area contributed by atoms with Crippen molar-refractivity contribution in [3.05, 3.63) is 10.1 Å². The zero-order valence-electron chi connectivity index (χ0n) is 6.52. The van der Waals surface area contributed by atoms with E-state index in [9.17, 15) is 14.9 Å². The molecule has 0 saturated carbocycles. The molecule has 12 heavy (non-hydrogen) atoms. The van der Waals surface area contributed by atoms with Crippen LogP contribution in [0.1, 0.15) is 6.92 Å². The molecule has 0 fully saturated rings. The smallest absolute Gasteiger partial charge is 0.446 e. The maximum absolute atomic E-state index is 10.7. The molecule has 0 aliphatic carbocycles. The molecule has 66 valence electrons. The van der Waals surface area contributed by atoms with Crippen LogP contribution in [-0.4, -0.2) is 29.3 Å². The number of nitrogens with zero attached hydrogens (tertiary/aromatic N) is 2. The Kier molecular flexibility index (Phi) is 4.23. The first-order valence-corrected chi connectivity index (χ1v) is 3.15. The first-order valence-electron chi connectivity index (χ1n) is 3.15. The maximum Gasteiger partial charge on any atom is 0.469 e. The fraction of sp³-hybridized carbons (Fsp3) is 0.500. The van der Waals surface area contributed by atoms with E-state index < -0.39 is 17.7 Å². The predicted molar refractivity (Wildman–Crippen MR) is 39.6 cm³/mol. The van der Waals surface area contributed by atoms with Crippen molar-refractivity contribution in [3.63, 3.8) is 0 Å². The van der Waals surface area contributed by atoms with Crippen molar-refractivity contribution in [1.29, 1.82) is 0 Å². The van der Waals surface area contributed by atoms with Crippen LogP contribution in [0.25, 0.3) is 0 Å². The molecule has 0 aromatic rings. The third-order valence-electron chi connectivity index (χ3n) is 0.917. The molecule has 0 radical (unpaired) electrons. The van der Waals surface area contributed by atoms with Crippen molar-refractivity contribution in [2.24, 2.45) is 0 Å². The Balaban J connectivity index is 4.21. The van der Waals surface area contributed by atoms with E-state index in [0.29, 0.717) is 0 Å². The van der Waals surface area contributed by atoms with Gasteiger partial charge in [0.2, 0.25) is 0 Å². The summed E-state index contributed by atoms with van der Waals surface area (Å²) < 4.78 is 4.37. The van der Waals surface area contributed by atoms with Gasteiger partial charge in [0.05, 0.1) is 6.61 Å². The van der Waals surface area contributed by atoms with Crippen molar-refractivity contribution in [2.75, 3.05) is 13.2 Å². The molecule has 6 heteroatoms. The average molecular weight is 172 g/mol. The van der Waals surface area contributed by atoms with Crippen molar-refractivity contribution in [2.45, 2.75) is 6.92 Å². The van der Waals surface area contributed by atoms with Crippen LogP contribution in [0.15, 0.2) is 0 Å². The summed E-state index contributed by atoms with van der Waals surface area (Å²) in [5.41, 5.74) is 0. The van der Waals surface area contributed by atoms with E-state index in [4.69, 9.17) is 6.42 Å². The second kappa shape index (κ2) is 4.96. The van der Waals surface area contributed by atoms with Crippen LogP contribution in [0, 0.1) is 22.5 Å². The standard InChI is InChI=1S/C6H8N2O4/c1-3-5-7(8(10)11)6(9)12-4-2/h1H,4-5H2,2H3. The SMILES string of the molecule is C#CCN(C(=O)OCC)[N+](=O)[O-].